The molecule has 2 N–H and O–H groups in total. The van der Waals surface area contributed by atoms with E-state index in [2.05, 4.69) is 0 Å². The van der Waals surface area contributed by atoms with Gasteiger partial charge in [-0.25, -0.2) is 4.39 Å². The maximum absolute atomic E-state index is 13.4. The van der Waals surface area contributed by atoms with Gasteiger partial charge in [0.1, 0.15) is 5.82 Å². The molecule has 0 aliphatic carbocycles. The molecule has 0 spiro atoms. The Kier molecular flexibility index (Phi) is 4.25. The zero-order valence-corrected chi connectivity index (χ0v) is 11.7. The van der Waals surface area contributed by atoms with Crippen LogP contribution in [0.3, 0.4) is 0 Å². The molecule has 0 atom stereocenters. The average Bonchev–Trinajstić information content (AvgIpc) is 2.41. The number of nitrogens with zero attached hydrogens (tertiary/aromatic N) is 1. The molecule has 2 aromatic rings. The molecule has 5 heteroatoms. The fraction of sp³-hybridized carbons (Fsp3) is 0.133. The highest BCUT2D eigenvalue weighted by molar-refractivity contribution is 6.30. The summed E-state index contributed by atoms with van der Waals surface area (Å²) >= 11 is 5.90. The topological polar surface area (TPSA) is 46.3 Å². The van der Waals surface area contributed by atoms with Crippen molar-refractivity contribution < 1.29 is 9.18 Å². The predicted octanol–water partition coefficient (Wildman–Crippen LogP) is 3.33. The summed E-state index contributed by atoms with van der Waals surface area (Å²) in [6.45, 7) is 0.370. The second kappa shape index (κ2) is 5.92. The number of para-hydroxylation sites is 1. The largest absolute Gasteiger partial charge is 0.396 e. The van der Waals surface area contributed by atoms with E-state index in [1.54, 1.807) is 19.2 Å². The summed E-state index contributed by atoms with van der Waals surface area (Å²) in [4.78, 5) is 13.7. The predicted molar refractivity (Wildman–Crippen MR) is 78.1 cm³/mol. The Balaban J connectivity index is 2.19. The number of hydrogen-bond acceptors (Lipinski definition) is 2. The van der Waals surface area contributed by atoms with Crippen LogP contribution in [0.5, 0.6) is 0 Å². The van der Waals surface area contributed by atoms with Crippen LogP contribution in [0.4, 0.5) is 10.1 Å². The Morgan fingerprint density at radius 1 is 1.30 bits per heavy atom. The molecule has 0 aromatic heterocycles. The van der Waals surface area contributed by atoms with E-state index in [0.717, 1.165) is 5.56 Å². The minimum absolute atomic E-state index is 0.129. The number of carbonyl (C=O) groups is 1. The SMILES string of the molecule is CN(Cc1cccc(Cl)c1)C(=O)c1cccc(F)c1N. The van der Waals surface area contributed by atoms with Gasteiger partial charge < -0.3 is 10.6 Å². The molecule has 2 aromatic carbocycles. The van der Waals surface area contributed by atoms with E-state index >= 15 is 0 Å². The quantitative estimate of drug-likeness (QED) is 0.882. The maximum atomic E-state index is 13.4. The summed E-state index contributed by atoms with van der Waals surface area (Å²) in [5.74, 6) is -0.922. The van der Waals surface area contributed by atoms with Crippen LogP contribution in [0, 0.1) is 5.82 Å². The molecule has 0 radical (unpaired) electrons. The molecule has 0 saturated heterocycles. The van der Waals surface area contributed by atoms with Crippen LogP contribution < -0.4 is 5.73 Å². The second-order valence-electron chi connectivity index (χ2n) is 4.49. The molecule has 0 fully saturated rings. The van der Waals surface area contributed by atoms with Crippen molar-refractivity contribution in [3.05, 3.63) is 64.4 Å². The van der Waals surface area contributed by atoms with Crippen molar-refractivity contribution in [3.8, 4) is 0 Å². The van der Waals surface area contributed by atoms with Gasteiger partial charge in [-0.15, -0.1) is 0 Å². The van der Waals surface area contributed by atoms with E-state index in [1.807, 2.05) is 12.1 Å². The molecular weight excluding hydrogens is 279 g/mol. The average molecular weight is 293 g/mol. The molecule has 0 bridgehead atoms. The first-order valence-electron chi connectivity index (χ1n) is 6.03. The molecule has 0 saturated carbocycles. The normalized spacial score (nSPS) is 10.3. The number of nitrogen functional groups attached to an aromatic ring is 1. The van der Waals surface area contributed by atoms with Crippen LogP contribution in [-0.4, -0.2) is 17.9 Å². The van der Waals surface area contributed by atoms with E-state index in [4.69, 9.17) is 17.3 Å². The van der Waals surface area contributed by atoms with Crippen molar-refractivity contribution in [2.45, 2.75) is 6.54 Å². The number of nitrogens with two attached hydrogens (primary N) is 1. The first-order chi connectivity index (χ1) is 9.49. The maximum Gasteiger partial charge on any atom is 0.256 e. The number of hydrogen-bond donors (Lipinski definition) is 1. The smallest absolute Gasteiger partial charge is 0.256 e. The summed E-state index contributed by atoms with van der Waals surface area (Å²) in [7, 11) is 1.63. The van der Waals surface area contributed by atoms with E-state index in [9.17, 15) is 9.18 Å². The van der Waals surface area contributed by atoms with Gasteiger partial charge in [-0.1, -0.05) is 29.8 Å². The monoisotopic (exact) mass is 292 g/mol. The van der Waals surface area contributed by atoms with Crippen LogP contribution in [0.25, 0.3) is 0 Å². The molecule has 104 valence electrons. The standard InChI is InChI=1S/C15H14ClFN2O/c1-19(9-10-4-2-5-11(16)8-10)15(20)12-6-3-7-13(17)14(12)18/h2-8H,9,18H2,1H3. The minimum Gasteiger partial charge on any atom is -0.396 e. The fourth-order valence-corrected chi connectivity index (χ4v) is 2.12. The van der Waals surface area contributed by atoms with Crippen LogP contribution in [0.1, 0.15) is 15.9 Å². The first-order valence-corrected chi connectivity index (χ1v) is 6.40. The van der Waals surface area contributed by atoms with Gasteiger partial charge in [0.15, 0.2) is 0 Å². The molecule has 3 nitrogen and oxygen atoms in total. The Labute approximate surface area is 121 Å². The van der Waals surface area contributed by atoms with E-state index in [1.165, 1.54) is 23.1 Å². The summed E-state index contributed by atoms with van der Waals surface area (Å²) in [5, 5.41) is 0.605. The van der Waals surface area contributed by atoms with Crippen molar-refractivity contribution in [3.63, 3.8) is 0 Å². The van der Waals surface area contributed by atoms with E-state index in [0.29, 0.717) is 11.6 Å². The van der Waals surface area contributed by atoms with Crippen LogP contribution >= 0.6 is 11.6 Å². The zero-order valence-electron chi connectivity index (χ0n) is 10.9. The lowest BCUT2D eigenvalue weighted by Crippen LogP contribution is -2.27. The van der Waals surface area contributed by atoms with Crippen molar-refractivity contribution in [1.29, 1.82) is 0 Å². The Morgan fingerprint density at radius 2 is 2.00 bits per heavy atom. The van der Waals surface area contributed by atoms with Gasteiger partial charge in [0, 0.05) is 18.6 Å². The number of benzene rings is 2. The number of halogens is 2. The van der Waals surface area contributed by atoms with Crippen molar-refractivity contribution in [2.75, 3.05) is 12.8 Å². The summed E-state index contributed by atoms with van der Waals surface area (Å²) in [6.07, 6.45) is 0. The molecule has 0 heterocycles. The van der Waals surface area contributed by atoms with Gasteiger partial charge >= 0.3 is 0 Å². The lowest BCUT2D eigenvalue weighted by Gasteiger charge is -2.18. The first kappa shape index (κ1) is 14.3. The highest BCUT2D eigenvalue weighted by atomic mass is 35.5. The second-order valence-corrected chi connectivity index (χ2v) is 4.93. The molecule has 20 heavy (non-hydrogen) atoms. The summed E-state index contributed by atoms with van der Waals surface area (Å²) in [5.41, 5.74) is 6.52. The van der Waals surface area contributed by atoms with Gasteiger partial charge in [-0.05, 0) is 29.8 Å². The van der Waals surface area contributed by atoms with Crippen LogP contribution in [0.15, 0.2) is 42.5 Å². The van der Waals surface area contributed by atoms with E-state index in [-0.39, 0.29) is 17.2 Å². The Morgan fingerprint density at radius 3 is 2.70 bits per heavy atom. The van der Waals surface area contributed by atoms with Gasteiger partial charge in [0.05, 0.1) is 11.3 Å². The van der Waals surface area contributed by atoms with Crippen molar-refractivity contribution in [1.82, 2.24) is 4.90 Å². The highest BCUT2D eigenvalue weighted by Gasteiger charge is 2.16. The lowest BCUT2D eigenvalue weighted by molar-refractivity contribution is 0.0785. The van der Waals surface area contributed by atoms with Gasteiger partial charge in [-0.3, -0.25) is 4.79 Å². The zero-order chi connectivity index (χ0) is 14.7. The molecular formula is C15H14ClFN2O. The van der Waals surface area contributed by atoms with Gasteiger partial charge in [0.2, 0.25) is 0 Å². The van der Waals surface area contributed by atoms with Gasteiger partial charge in [0.25, 0.3) is 5.91 Å². The van der Waals surface area contributed by atoms with Crippen LogP contribution in [-0.2, 0) is 6.54 Å². The molecule has 1 amide bonds. The van der Waals surface area contributed by atoms with Gasteiger partial charge in [-0.2, -0.15) is 0 Å². The summed E-state index contributed by atoms with van der Waals surface area (Å²) in [6, 6.07) is 11.4. The highest BCUT2D eigenvalue weighted by Crippen LogP contribution is 2.19. The molecule has 2 rings (SSSR count). The molecule has 0 aliphatic heterocycles. The van der Waals surface area contributed by atoms with Crippen molar-refractivity contribution in [2.24, 2.45) is 0 Å². The third-order valence-electron chi connectivity index (χ3n) is 2.94. The molecule has 0 unspecified atom stereocenters. The fourth-order valence-electron chi connectivity index (χ4n) is 1.91. The molecule has 0 aliphatic rings. The Hall–Kier alpha value is -2.07. The van der Waals surface area contributed by atoms with Crippen molar-refractivity contribution >= 4 is 23.2 Å². The lowest BCUT2D eigenvalue weighted by atomic mass is 10.1. The number of amides is 1. The third kappa shape index (κ3) is 3.08. The third-order valence-corrected chi connectivity index (χ3v) is 3.17. The number of anilines is 1. The number of carbonyl (C=O) groups excluding carboxylic acids is 1. The van der Waals surface area contributed by atoms with E-state index < -0.39 is 5.82 Å². The number of rotatable bonds is 3. The summed E-state index contributed by atoms with van der Waals surface area (Å²) < 4.78 is 13.4. The Bertz CT molecular complexity index is 646. The minimum atomic E-state index is -0.591. The van der Waals surface area contributed by atoms with Crippen LogP contribution in [0.2, 0.25) is 5.02 Å².